The summed E-state index contributed by atoms with van der Waals surface area (Å²) in [5.74, 6) is -0.925. The average molecular weight is 284 g/mol. The fourth-order valence-corrected chi connectivity index (χ4v) is 2.09. The molecule has 0 bridgehead atoms. The second-order valence-electron chi connectivity index (χ2n) is 4.52. The standard InChI is InChI=1S/C15H13FN4O/c1-2-10-9-13(18-14-7-8-17-20(10)14)15(21)19-12-6-4-3-5-11(12)16/h3-9H,2H2,1H3,(H,19,21). The number of para-hydroxylation sites is 1. The Morgan fingerprint density at radius 3 is 2.90 bits per heavy atom. The van der Waals surface area contributed by atoms with E-state index < -0.39 is 11.7 Å². The van der Waals surface area contributed by atoms with Gasteiger partial charge in [0.1, 0.15) is 11.5 Å². The predicted molar refractivity (Wildman–Crippen MR) is 76.7 cm³/mol. The molecule has 3 rings (SSSR count). The van der Waals surface area contributed by atoms with E-state index in [1.807, 2.05) is 6.92 Å². The minimum atomic E-state index is -0.480. The maximum atomic E-state index is 13.6. The van der Waals surface area contributed by atoms with Crippen LogP contribution in [-0.2, 0) is 6.42 Å². The van der Waals surface area contributed by atoms with Crippen molar-refractivity contribution in [2.45, 2.75) is 13.3 Å². The number of nitrogens with one attached hydrogen (secondary N) is 1. The summed E-state index contributed by atoms with van der Waals surface area (Å²) in [7, 11) is 0. The van der Waals surface area contributed by atoms with Crippen LogP contribution in [0.2, 0.25) is 0 Å². The molecule has 2 heterocycles. The van der Waals surface area contributed by atoms with E-state index in [0.29, 0.717) is 12.1 Å². The third-order valence-corrected chi connectivity index (χ3v) is 3.15. The third-order valence-electron chi connectivity index (χ3n) is 3.15. The fourth-order valence-electron chi connectivity index (χ4n) is 2.09. The minimum absolute atomic E-state index is 0.135. The summed E-state index contributed by atoms with van der Waals surface area (Å²) >= 11 is 0. The van der Waals surface area contributed by atoms with Gasteiger partial charge >= 0.3 is 0 Å². The molecule has 0 fully saturated rings. The van der Waals surface area contributed by atoms with Crippen LogP contribution in [0.5, 0.6) is 0 Å². The first-order chi connectivity index (χ1) is 10.2. The molecule has 0 saturated carbocycles. The highest BCUT2D eigenvalue weighted by molar-refractivity contribution is 6.03. The first kappa shape index (κ1) is 13.2. The molecule has 0 radical (unpaired) electrons. The Balaban J connectivity index is 1.96. The van der Waals surface area contributed by atoms with E-state index in [9.17, 15) is 9.18 Å². The predicted octanol–water partition coefficient (Wildman–Crippen LogP) is 2.68. The van der Waals surface area contributed by atoms with E-state index in [1.54, 1.807) is 35.0 Å². The second-order valence-corrected chi connectivity index (χ2v) is 4.52. The van der Waals surface area contributed by atoms with Crippen molar-refractivity contribution in [1.29, 1.82) is 0 Å². The average Bonchev–Trinajstić information content (AvgIpc) is 2.97. The van der Waals surface area contributed by atoms with Crippen LogP contribution < -0.4 is 5.32 Å². The Kier molecular flexibility index (Phi) is 3.35. The molecule has 3 aromatic rings. The number of carbonyl (C=O) groups excluding carboxylic acids is 1. The number of hydrogen-bond acceptors (Lipinski definition) is 3. The van der Waals surface area contributed by atoms with E-state index in [-0.39, 0.29) is 11.4 Å². The third kappa shape index (κ3) is 2.47. The van der Waals surface area contributed by atoms with Crippen molar-refractivity contribution in [3.63, 3.8) is 0 Å². The van der Waals surface area contributed by atoms with E-state index in [4.69, 9.17) is 0 Å². The van der Waals surface area contributed by atoms with Gasteiger partial charge in [0.05, 0.1) is 11.9 Å². The van der Waals surface area contributed by atoms with Gasteiger partial charge in [0.15, 0.2) is 5.65 Å². The number of halogens is 1. The molecule has 1 amide bonds. The minimum Gasteiger partial charge on any atom is -0.318 e. The number of carbonyl (C=O) groups is 1. The molecule has 106 valence electrons. The largest absolute Gasteiger partial charge is 0.318 e. The molecule has 1 N–H and O–H groups in total. The zero-order chi connectivity index (χ0) is 14.8. The van der Waals surface area contributed by atoms with Gasteiger partial charge in [0.25, 0.3) is 5.91 Å². The first-order valence-electron chi connectivity index (χ1n) is 6.58. The summed E-state index contributed by atoms with van der Waals surface area (Å²) in [5, 5.41) is 6.68. The van der Waals surface area contributed by atoms with Crippen molar-refractivity contribution in [1.82, 2.24) is 14.6 Å². The SMILES string of the molecule is CCc1cc(C(=O)Nc2ccccc2F)nc2ccnn12. The Labute approximate surface area is 120 Å². The Morgan fingerprint density at radius 1 is 1.33 bits per heavy atom. The van der Waals surface area contributed by atoms with E-state index >= 15 is 0 Å². The highest BCUT2D eigenvalue weighted by Gasteiger charge is 2.13. The summed E-state index contributed by atoms with van der Waals surface area (Å²) in [6, 6.07) is 9.40. The van der Waals surface area contributed by atoms with Crippen LogP contribution in [0.4, 0.5) is 10.1 Å². The molecule has 0 unspecified atom stereocenters. The van der Waals surface area contributed by atoms with Crippen LogP contribution in [0.3, 0.4) is 0 Å². The van der Waals surface area contributed by atoms with Gasteiger partial charge in [0.2, 0.25) is 0 Å². The summed E-state index contributed by atoms with van der Waals surface area (Å²) in [5.41, 5.74) is 1.83. The molecule has 2 aromatic heterocycles. The molecule has 0 aliphatic carbocycles. The number of rotatable bonds is 3. The van der Waals surface area contributed by atoms with Crippen molar-refractivity contribution in [2.75, 3.05) is 5.32 Å². The lowest BCUT2D eigenvalue weighted by molar-refractivity contribution is 0.102. The van der Waals surface area contributed by atoms with Gasteiger partial charge < -0.3 is 5.32 Å². The molecule has 1 aromatic carbocycles. The lowest BCUT2D eigenvalue weighted by Gasteiger charge is -2.08. The summed E-state index contributed by atoms with van der Waals surface area (Å²) in [6.45, 7) is 1.97. The van der Waals surface area contributed by atoms with Crippen LogP contribution in [0.1, 0.15) is 23.1 Å². The van der Waals surface area contributed by atoms with Crippen molar-refractivity contribution in [3.8, 4) is 0 Å². The normalized spacial score (nSPS) is 10.8. The van der Waals surface area contributed by atoms with Gasteiger partial charge in [-0.25, -0.2) is 13.9 Å². The topological polar surface area (TPSA) is 59.3 Å². The van der Waals surface area contributed by atoms with Gasteiger partial charge in [0, 0.05) is 11.8 Å². The molecular formula is C15H13FN4O. The van der Waals surface area contributed by atoms with Gasteiger partial charge in [-0.05, 0) is 24.6 Å². The van der Waals surface area contributed by atoms with Gasteiger partial charge in [-0.15, -0.1) is 0 Å². The van der Waals surface area contributed by atoms with Crippen molar-refractivity contribution >= 4 is 17.2 Å². The summed E-state index contributed by atoms with van der Waals surface area (Å²) in [4.78, 5) is 16.5. The maximum absolute atomic E-state index is 13.6. The van der Waals surface area contributed by atoms with Crippen LogP contribution in [0, 0.1) is 5.82 Å². The quantitative estimate of drug-likeness (QED) is 0.804. The van der Waals surface area contributed by atoms with Gasteiger partial charge in [-0.1, -0.05) is 19.1 Å². The molecule has 0 aliphatic heterocycles. The lowest BCUT2D eigenvalue weighted by Crippen LogP contribution is -2.16. The number of nitrogens with zero attached hydrogens (tertiary/aromatic N) is 3. The monoisotopic (exact) mass is 284 g/mol. The molecular weight excluding hydrogens is 271 g/mol. The van der Waals surface area contributed by atoms with Crippen molar-refractivity contribution in [3.05, 3.63) is 59.8 Å². The Hall–Kier alpha value is -2.76. The van der Waals surface area contributed by atoms with E-state index in [1.165, 1.54) is 12.1 Å². The number of benzene rings is 1. The highest BCUT2D eigenvalue weighted by atomic mass is 19.1. The van der Waals surface area contributed by atoms with Crippen LogP contribution in [-0.4, -0.2) is 20.5 Å². The van der Waals surface area contributed by atoms with Gasteiger partial charge in [-0.3, -0.25) is 4.79 Å². The zero-order valence-corrected chi connectivity index (χ0v) is 11.4. The summed E-state index contributed by atoms with van der Waals surface area (Å²) < 4.78 is 15.2. The second kappa shape index (κ2) is 5.32. The molecule has 0 spiro atoms. The van der Waals surface area contributed by atoms with Crippen molar-refractivity contribution in [2.24, 2.45) is 0 Å². The molecule has 0 aliphatic rings. The van der Waals surface area contributed by atoms with Gasteiger partial charge in [-0.2, -0.15) is 5.10 Å². The number of amides is 1. The highest BCUT2D eigenvalue weighted by Crippen LogP contribution is 2.15. The summed E-state index contributed by atoms with van der Waals surface area (Å²) in [6.07, 6.45) is 2.33. The van der Waals surface area contributed by atoms with E-state index in [0.717, 1.165) is 5.69 Å². The number of fused-ring (bicyclic) bond motifs is 1. The Morgan fingerprint density at radius 2 is 2.14 bits per heavy atom. The molecule has 0 atom stereocenters. The van der Waals surface area contributed by atoms with Crippen LogP contribution in [0.25, 0.3) is 5.65 Å². The zero-order valence-electron chi connectivity index (χ0n) is 11.4. The van der Waals surface area contributed by atoms with Crippen LogP contribution in [0.15, 0.2) is 42.6 Å². The van der Waals surface area contributed by atoms with Crippen LogP contribution >= 0.6 is 0 Å². The number of anilines is 1. The maximum Gasteiger partial charge on any atom is 0.274 e. The molecule has 6 heteroatoms. The number of hydrogen-bond donors (Lipinski definition) is 1. The fraction of sp³-hybridized carbons (Fsp3) is 0.133. The van der Waals surface area contributed by atoms with Crippen molar-refractivity contribution < 1.29 is 9.18 Å². The molecule has 5 nitrogen and oxygen atoms in total. The van der Waals surface area contributed by atoms with E-state index in [2.05, 4.69) is 15.4 Å². The smallest absolute Gasteiger partial charge is 0.274 e. The first-order valence-corrected chi connectivity index (χ1v) is 6.58. The number of aromatic nitrogens is 3. The molecule has 21 heavy (non-hydrogen) atoms. The number of aryl methyl sites for hydroxylation is 1. The Bertz CT molecular complexity index is 812. The molecule has 0 saturated heterocycles. The lowest BCUT2D eigenvalue weighted by atomic mass is 10.2.